The third-order valence-electron chi connectivity index (χ3n) is 4.75. The van der Waals surface area contributed by atoms with Crippen LogP contribution in [0.15, 0.2) is 77.3 Å². The van der Waals surface area contributed by atoms with Gasteiger partial charge in [-0.1, -0.05) is 81.6 Å². The maximum absolute atomic E-state index is 9.60. The molecule has 0 aliphatic carbocycles. The third-order valence-corrected chi connectivity index (χ3v) is 6.02. The van der Waals surface area contributed by atoms with E-state index in [2.05, 4.69) is 39.1 Å². The van der Waals surface area contributed by atoms with Crippen LogP contribution in [0.25, 0.3) is 33.5 Å². The van der Waals surface area contributed by atoms with Crippen LogP contribution in [0, 0.1) is 11.3 Å². The van der Waals surface area contributed by atoms with E-state index in [1.807, 2.05) is 48.5 Å². The summed E-state index contributed by atoms with van der Waals surface area (Å²) in [6.45, 7) is 0. The zero-order valence-electron chi connectivity index (χ0n) is 15.5. The average Bonchev–Trinajstić information content (AvgIpc) is 2.76. The van der Waals surface area contributed by atoms with Crippen molar-refractivity contribution in [3.63, 3.8) is 0 Å². The van der Waals surface area contributed by atoms with Crippen LogP contribution in [0.5, 0.6) is 0 Å². The molecule has 30 heavy (non-hydrogen) atoms. The first-order valence-corrected chi connectivity index (χ1v) is 10.5. The predicted octanol–water partition coefficient (Wildman–Crippen LogP) is 7.61. The second kappa shape index (κ2) is 8.49. The Bertz CT molecular complexity index is 1280. The van der Waals surface area contributed by atoms with Crippen LogP contribution in [-0.4, -0.2) is 4.98 Å². The first kappa shape index (κ1) is 20.4. The van der Waals surface area contributed by atoms with Crippen molar-refractivity contribution in [3.8, 4) is 39.6 Å². The Labute approximate surface area is 192 Å². The van der Waals surface area contributed by atoms with Gasteiger partial charge in [-0.25, -0.2) is 4.98 Å². The van der Waals surface area contributed by atoms with Crippen LogP contribution >= 0.6 is 39.1 Å². The minimum absolute atomic E-state index is 0.174. The van der Waals surface area contributed by atoms with E-state index >= 15 is 0 Å². The van der Waals surface area contributed by atoms with Gasteiger partial charge in [-0.3, -0.25) is 0 Å². The second-order valence-electron chi connectivity index (χ2n) is 6.64. The largest absolute Gasteiger partial charge is 0.383 e. The monoisotopic (exact) mass is 493 g/mol. The molecule has 0 aliphatic heterocycles. The van der Waals surface area contributed by atoms with E-state index < -0.39 is 0 Å². The lowest BCUT2D eigenvalue weighted by atomic mass is 9.97. The number of nitrogens with two attached hydrogens (primary N) is 1. The van der Waals surface area contributed by atoms with Gasteiger partial charge in [-0.05, 0) is 47.0 Å². The number of pyridine rings is 1. The van der Waals surface area contributed by atoms with Gasteiger partial charge in [-0.2, -0.15) is 5.26 Å². The van der Waals surface area contributed by atoms with Gasteiger partial charge in [-0.15, -0.1) is 0 Å². The molecule has 2 N–H and O–H groups in total. The number of anilines is 1. The molecule has 3 aromatic carbocycles. The average molecular weight is 495 g/mol. The van der Waals surface area contributed by atoms with Gasteiger partial charge in [0.1, 0.15) is 17.5 Å². The minimum atomic E-state index is 0.174. The van der Waals surface area contributed by atoms with Crippen molar-refractivity contribution in [2.45, 2.75) is 0 Å². The molecule has 4 aromatic rings. The molecule has 4 rings (SSSR count). The fraction of sp³-hybridized carbons (Fsp3) is 0. The van der Waals surface area contributed by atoms with Gasteiger partial charge in [0.15, 0.2) is 0 Å². The van der Waals surface area contributed by atoms with Crippen molar-refractivity contribution >= 4 is 44.9 Å². The van der Waals surface area contributed by atoms with E-state index in [1.54, 1.807) is 12.1 Å². The van der Waals surface area contributed by atoms with Crippen molar-refractivity contribution in [3.05, 3.63) is 92.9 Å². The van der Waals surface area contributed by atoms with E-state index in [9.17, 15) is 5.26 Å². The van der Waals surface area contributed by atoms with Crippen LogP contribution in [0.2, 0.25) is 10.0 Å². The van der Waals surface area contributed by atoms with Crippen LogP contribution < -0.4 is 5.73 Å². The number of benzene rings is 3. The first-order valence-electron chi connectivity index (χ1n) is 8.98. The van der Waals surface area contributed by atoms with E-state index in [0.29, 0.717) is 26.9 Å². The minimum Gasteiger partial charge on any atom is -0.383 e. The SMILES string of the molecule is N#Cc1c(-c2ccc(Cl)c(Cl)c2)cc(-c2ccc(-c3ccc(Br)cc3)cc2)nc1N. The summed E-state index contributed by atoms with van der Waals surface area (Å²) in [6, 6.07) is 25.4. The fourth-order valence-electron chi connectivity index (χ4n) is 3.20. The highest BCUT2D eigenvalue weighted by molar-refractivity contribution is 9.10. The first-order chi connectivity index (χ1) is 14.5. The molecular weight excluding hydrogens is 481 g/mol. The lowest BCUT2D eigenvalue weighted by Gasteiger charge is -2.11. The molecule has 0 amide bonds. The van der Waals surface area contributed by atoms with Gasteiger partial charge >= 0.3 is 0 Å². The highest BCUT2D eigenvalue weighted by Crippen LogP contribution is 2.35. The summed E-state index contributed by atoms with van der Waals surface area (Å²) < 4.78 is 1.04. The molecule has 0 spiro atoms. The normalized spacial score (nSPS) is 10.6. The Morgan fingerprint density at radius 2 is 1.33 bits per heavy atom. The molecule has 1 heterocycles. The smallest absolute Gasteiger partial charge is 0.142 e. The Morgan fingerprint density at radius 1 is 0.767 bits per heavy atom. The zero-order chi connectivity index (χ0) is 21.3. The number of aromatic nitrogens is 1. The number of nitrogen functional groups attached to an aromatic ring is 1. The standard InChI is InChI=1S/C24H14BrCl2N3/c25-18-8-5-15(6-9-18)14-1-3-16(4-2-14)23-12-19(20(13-28)24(29)30-23)17-7-10-21(26)22(27)11-17/h1-12H,(H2,29,30). The summed E-state index contributed by atoms with van der Waals surface area (Å²) in [7, 11) is 0. The summed E-state index contributed by atoms with van der Waals surface area (Å²) in [5.41, 5.74) is 11.6. The molecule has 146 valence electrons. The number of halogens is 3. The number of hydrogen-bond acceptors (Lipinski definition) is 3. The van der Waals surface area contributed by atoms with Crippen molar-refractivity contribution in [1.29, 1.82) is 5.26 Å². The molecule has 0 saturated carbocycles. The summed E-state index contributed by atoms with van der Waals surface area (Å²) in [5, 5.41) is 10.5. The van der Waals surface area contributed by atoms with Crippen molar-refractivity contribution in [2.24, 2.45) is 0 Å². The quantitative estimate of drug-likeness (QED) is 0.318. The summed E-state index contributed by atoms with van der Waals surface area (Å²) in [4.78, 5) is 4.44. The summed E-state index contributed by atoms with van der Waals surface area (Å²) in [5.74, 6) is 0.174. The lowest BCUT2D eigenvalue weighted by molar-refractivity contribution is 1.31. The van der Waals surface area contributed by atoms with Gasteiger partial charge in [0.25, 0.3) is 0 Å². The highest BCUT2D eigenvalue weighted by atomic mass is 79.9. The van der Waals surface area contributed by atoms with Gasteiger partial charge in [0.05, 0.1) is 15.7 Å². The van der Waals surface area contributed by atoms with E-state index in [1.165, 1.54) is 0 Å². The molecule has 0 bridgehead atoms. The van der Waals surface area contributed by atoms with Gasteiger partial charge < -0.3 is 5.73 Å². The number of rotatable bonds is 3. The van der Waals surface area contributed by atoms with Crippen LogP contribution in [0.1, 0.15) is 5.56 Å². The van der Waals surface area contributed by atoms with Crippen LogP contribution in [0.3, 0.4) is 0 Å². The van der Waals surface area contributed by atoms with Crippen molar-refractivity contribution in [2.75, 3.05) is 5.73 Å². The van der Waals surface area contributed by atoms with E-state index in [4.69, 9.17) is 28.9 Å². The Hall–Kier alpha value is -2.84. The topological polar surface area (TPSA) is 62.7 Å². The number of nitriles is 1. The third kappa shape index (κ3) is 4.06. The molecule has 0 unspecified atom stereocenters. The van der Waals surface area contributed by atoms with Crippen molar-refractivity contribution in [1.82, 2.24) is 4.98 Å². The Kier molecular flexibility index (Phi) is 5.78. The van der Waals surface area contributed by atoms with Crippen molar-refractivity contribution < 1.29 is 0 Å². The molecule has 0 radical (unpaired) electrons. The molecule has 1 aromatic heterocycles. The highest BCUT2D eigenvalue weighted by Gasteiger charge is 2.14. The van der Waals surface area contributed by atoms with E-state index in [-0.39, 0.29) is 5.82 Å². The van der Waals surface area contributed by atoms with E-state index in [0.717, 1.165) is 26.7 Å². The molecule has 0 atom stereocenters. The molecule has 0 fully saturated rings. The molecule has 0 aliphatic rings. The maximum atomic E-state index is 9.60. The Balaban J connectivity index is 1.78. The Morgan fingerprint density at radius 3 is 1.93 bits per heavy atom. The van der Waals surface area contributed by atoms with Crippen LogP contribution in [0.4, 0.5) is 5.82 Å². The second-order valence-corrected chi connectivity index (χ2v) is 8.37. The number of hydrogen-bond donors (Lipinski definition) is 1. The van der Waals surface area contributed by atoms with Gasteiger partial charge in [0, 0.05) is 15.6 Å². The molecule has 0 saturated heterocycles. The summed E-state index contributed by atoms with van der Waals surface area (Å²) in [6.07, 6.45) is 0. The van der Waals surface area contributed by atoms with Gasteiger partial charge in [0.2, 0.25) is 0 Å². The number of nitrogens with zero attached hydrogens (tertiary/aromatic N) is 2. The fourth-order valence-corrected chi connectivity index (χ4v) is 3.76. The predicted molar refractivity (Wildman–Crippen MR) is 127 cm³/mol. The zero-order valence-corrected chi connectivity index (χ0v) is 18.6. The molecular formula is C24H14BrCl2N3. The summed E-state index contributed by atoms with van der Waals surface area (Å²) >= 11 is 15.7. The maximum Gasteiger partial charge on any atom is 0.142 e. The lowest BCUT2D eigenvalue weighted by Crippen LogP contribution is -1.99. The molecule has 6 heteroatoms. The van der Waals surface area contributed by atoms with Crippen LogP contribution in [-0.2, 0) is 0 Å². The molecule has 3 nitrogen and oxygen atoms in total.